The second-order valence-corrected chi connectivity index (χ2v) is 3.93. The molecule has 0 atom stereocenters. The molecule has 78 valence electrons. The van der Waals surface area contributed by atoms with Gasteiger partial charge in [-0.25, -0.2) is 9.97 Å². The van der Waals surface area contributed by atoms with Gasteiger partial charge in [-0.2, -0.15) is 0 Å². The predicted octanol–water partition coefficient (Wildman–Crippen LogP) is 2.74. The van der Waals surface area contributed by atoms with Gasteiger partial charge in [0.2, 0.25) is 0 Å². The highest BCUT2D eigenvalue weighted by atomic mass is 35.5. The first-order valence-corrected chi connectivity index (χ1v) is 5.22. The molecule has 4 heteroatoms. The lowest BCUT2D eigenvalue weighted by Crippen LogP contribution is -2.01. The number of hydrogen-bond acceptors (Lipinski definition) is 3. The Bertz CT molecular complexity index is 523. The quantitative estimate of drug-likeness (QED) is 0.806. The fourth-order valence-electron chi connectivity index (χ4n) is 1.59. The first kappa shape index (κ1) is 10.2. The van der Waals surface area contributed by atoms with Crippen molar-refractivity contribution >= 4 is 28.3 Å². The molecule has 0 amide bonds. The van der Waals surface area contributed by atoms with Crippen LogP contribution in [0.15, 0.2) is 12.1 Å². The summed E-state index contributed by atoms with van der Waals surface area (Å²) in [6, 6.07) is 3.69. The van der Waals surface area contributed by atoms with E-state index in [4.69, 9.17) is 17.3 Å². The van der Waals surface area contributed by atoms with Gasteiger partial charge in [0, 0.05) is 16.8 Å². The fourth-order valence-corrected chi connectivity index (χ4v) is 1.86. The fraction of sp³-hybridized carbons (Fsp3) is 0.273. The maximum Gasteiger partial charge on any atom is 0.135 e. The van der Waals surface area contributed by atoms with E-state index < -0.39 is 0 Å². The molecule has 0 aliphatic rings. The number of rotatable bonds is 1. The second-order valence-electron chi connectivity index (χ2n) is 3.50. The van der Waals surface area contributed by atoms with Crippen molar-refractivity contribution in [2.45, 2.75) is 20.3 Å². The molecule has 0 spiro atoms. The summed E-state index contributed by atoms with van der Waals surface area (Å²) < 4.78 is 0. The Morgan fingerprint density at radius 2 is 2.07 bits per heavy atom. The van der Waals surface area contributed by atoms with Crippen LogP contribution in [0.25, 0.3) is 10.9 Å². The lowest BCUT2D eigenvalue weighted by atomic mass is 10.1. The van der Waals surface area contributed by atoms with E-state index in [1.165, 1.54) is 0 Å². The SMILES string of the molecule is CCc1nc(N)c2cc(Cl)cc(C)c2n1. The van der Waals surface area contributed by atoms with Gasteiger partial charge in [-0.3, -0.25) is 0 Å². The molecule has 0 aliphatic carbocycles. The van der Waals surface area contributed by atoms with Crippen molar-refractivity contribution in [3.63, 3.8) is 0 Å². The van der Waals surface area contributed by atoms with Crippen molar-refractivity contribution in [3.05, 3.63) is 28.5 Å². The van der Waals surface area contributed by atoms with E-state index in [1.54, 1.807) is 6.07 Å². The second kappa shape index (κ2) is 3.66. The zero-order valence-corrected chi connectivity index (χ0v) is 9.47. The largest absolute Gasteiger partial charge is 0.383 e. The lowest BCUT2D eigenvalue weighted by Gasteiger charge is -2.06. The van der Waals surface area contributed by atoms with E-state index in [9.17, 15) is 0 Å². The first-order chi connectivity index (χ1) is 7.11. The van der Waals surface area contributed by atoms with Crippen molar-refractivity contribution < 1.29 is 0 Å². The predicted molar refractivity (Wildman–Crippen MR) is 63.1 cm³/mol. The third kappa shape index (κ3) is 1.75. The van der Waals surface area contributed by atoms with Crippen LogP contribution >= 0.6 is 11.6 Å². The van der Waals surface area contributed by atoms with Gasteiger partial charge in [0.25, 0.3) is 0 Å². The molecule has 2 aromatic rings. The molecule has 0 bridgehead atoms. The number of benzene rings is 1. The zero-order chi connectivity index (χ0) is 11.0. The van der Waals surface area contributed by atoms with Crippen molar-refractivity contribution in [3.8, 4) is 0 Å². The van der Waals surface area contributed by atoms with Crippen LogP contribution in [0.4, 0.5) is 5.82 Å². The van der Waals surface area contributed by atoms with Crippen LogP contribution in [0, 0.1) is 6.92 Å². The molecule has 0 fully saturated rings. The van der Waals surface area contributed by atoms with Gasteiger partial charge in [-0.15, -0.1) is 0 Å². The molecule has 0 saturated heterocycles. The Hall–Kier alpha value is -1.35. The molecule has 0 unspecified atom stereocenters. The minimum atomic E-state index is 0.502. The van der Waals surface area contributed by atoms with Crippen LogP contribution in [0.1, 0.15) is 18.3 Å². The third-order valence-corrected chi connectivity index (χ3v) is 2.57. The number of fused-ring (bicyclic) bond motifs is 1. The summed E-state index contributed by atoms with van der Waals surface area (Å²) in [5.74, 6) is 1.27. The number of hydrogen-bond donors (Lipinski definition) is 1. The van der Waals surface area contributed by atoms with Crippen LogP contribution in [0.3, 0.4) is 0 Å². The third-order valence-electron chi connectivity index (χ3n) is 2.35. The van der Waals surface area contributed by atoms with Crippen molar-refractivity contribution in [2.24, 2.45) is 0 Å². The zero-order valence-electron chi connectivity index (χ0n) is 8.71. The summed E-state index contributed by atoms with van der Waals surface area (Å²) in [6.07, 6.45) is 0.780. The van der Waals surface area contributed by atoms with Gasteiger partial charge in [0.15, 0.2) is 0 Å². The van der Waals surface area contributed by atoms with Crippen molar-refractivity contribution in [2.75, 3.05) is 5.73 Å². The lowest BCUT2D eigenvalue weighted by molar-refractivity contribution is 0.964. The number of nitrogens with zero attached hydrogens (tertiary/aromatic N) is 2. The van der Waals surface area contributed by atoms with E-state index in [-0.39, 0.29) is 0 Å². The van der Waals surface area contributed by atoms with Gasteiger partial charge in [-0.05, 0) is 24.6 Å². The molecular weight excluding hydrogens is 210 g/mol. The van der Waals surface area contributed by atoms with E-state index in [1.807, 2.05) is 19.9 Å². The Labute approximate surface area is 93.3 Å². The van der Waals surface area contributed by atoms with E-state index in [0.29, 0.717) is 10.8 Å². The monoisotopic (exact) mass is 221 g/mol. The normalized spacial score (nSPS) is 10.9. The van der Waals surface area contributed by atoms with Gasteiger partial charge in [0.05, 0.1) is 5.52 Å². The van der Waals surface area contributed by atoms with E-state index >= 15 is 0 Å². The summed E-state index contributed by atoms with van der Waals surface area (Å²) in [5, 5.41) is 1.50. The Morgan fingerprint density at radius 3 is 2.73 bits per heavy atom. The topological polar surface area (TPSA) is 51.8 Å². The number of aryl methyl sites for hydroxylation is 2. The van der Waals surface area contributed by atoms with Crippen molar-refractivity contribution in [1.29, 1.82) is 0 Å². The number of nitrogens with two attached hydrogens (primary N) is 1. The standard InChI is InChI=1S/C11H12ClN3/c1-3-9-14-10-6(2)4-7(12)5-8(10)11(13)15-9/h4-5H,3H2,1-2H3,(H2,13,14,15). The van der Waals surface area contributed by atoms with Crippen LogP contribution in [-0.4, -0.2) is 9.97 Å². The summed E-state index contributed by atoms with van der Waals surface area (Å²) >= 11 is 5.96. The number of anilines is 1. The number of nitrogen functional groups attached to an aromatic ring is 1. The van der Waals surface area contributed by atoms with Gasteiger partial charge in [-0.1, -0.05) is 18.5 Å². The van der Waals surface area contributed by atoms with Gasteiger partial charge >= 0.3 is 0 Å². The molecule has 1 heterocycles. The molecule has 2 rings (SSSR count). The molecule has 0 radical (unpaired) electrons. The minimum absolute atomic E-state index is 0.502. The highest BCUT2D eigenvalue weighted by Crippen LogP contribution is 2.25. The summed E-state index contributed by atoms with van der Waals surface area (Å²) in [5.41, 5.74) is 7.78. The average Bonchev–Trinajstić information content (AvgIpc) is 2.19. The van der Waals surface area contributed by atoms with Crippen molar-refractivity contribution in [1.82, 2.24) is 9.97 Å². The molecule has 3 nitrogen and oxygen atoms in total. The molecule has 0 saturated carbocycles. The Balaban J connectivity index is 2.85. The van der Waals surface area contributed by atoms with E-state index in [2.05, 4.69) is 9.97 Å². The highest BCUT2D eigenvalue weighted by molar-refractivity contribution is 6.31. The number of halogens is 1. The van der Waals surface area contributed by atoms with Crippen LogP contribution in [0.2, 0.25) is 5.02 Å². The molecule has 2 N–H and O–H groups in total. The molecular formula is C11H12ClN3. The van der Waals surface area contributed by atoms with Crippen LogP contribution < -0.4 is 5.73 Å². The average molecular weight is 222 g/mol. The molecule has 0 aliphatic heterocycles. The van der Waals surface area contributed by atoms with Crippen LogP contribution in [0.5, 0.6) is 0 Å². The maximum absolute atomic E-state index is 5.96. The summed E-state index contributed by atoms with van der Waals surface area (Å²) in [4.78, 5) is 8.66. The Kier molecular flexibility index (Phi) is 2.49. The first-order valence-electron chi connectivity index (χ1n) is 4.84. The maximum atomic E-state index is 5.96. The van der Waals surface area contributed by atoms with Crippen LogP contribution in [-0.2, 0) is 6.42 Å². The number of aromatic nitrogens is 2. The van der Waals surface area contributed by atoms with Gasteiger partial charge < -0.3 is 5.73 Å². The van der Waals surface area contributed by atoms with E-state index in [0.717, 1.165) is 28.7 Å². The smallest absolute Gasteiger partial charge is 0.135 e. The molecule has 15 heavy (non-hydrogen) atoms. The highest BCUT2D eigenvalue weighted by Gasteiger charge is 2.07. The molecule has 1 aromatic carbocycles. The summed E-state index contributed by atoms with van der Waals surface area (Å²) in [6.45, 7) is 3.98. The molecule has 1 aromatic heterocycles. The summed E-state index contributed by atoms with van der Waals surface area (Å²) in [7, 11) is 0. The minimum Gasteiger partial charge on any atom is -0.383 e. The Morgan fingerprint density at radius 1 is 1.33 bits per heavy atom. The van der Waals surface area contributed by atoms with Gasteiger partial charge in [0.1, 0.15) is 11.6 Å².